The monoisotopic (exact) mass is 254 g/mol. The SMILES string of the molecule is Cn1nc(-c2cccc(F)c2)c2cccc(C=O)c21. The van der Waals surface area contributed by atoms with Crippen LogP contribution in [-0.2, 0) is 7.05 Å². The van der Waals surface area contributed by atoms with Crippen molar-refractivity contribution in [3.8, 4) is 11.3 Å². The second-order valence-electron chi connectivity index (χ2n) is 4.34. The average Bonchev–Trinajstić information content (AvgIpc) is 2.76. The first-order valence-electron chi connectivity index (χ1n) is 5.87. The number of hydrogen-bond donors (Lipinski definition) is 0. The molecule has 0 aliphatic rings. The first-order chi connectivity index (χ1) is 9.20. The Morgan fingerprint density at radius 3 is 2.74 bits per heavy atom. The lowest BCUT2D eigenvalue weighted by molar-refractivity contribution is 0.112. The van der Waals surface area contributed by atoms with E-state index in [-0.39, 0.29) is 5.82 Å². The lowest BCUT2D eigenvalue weighted by Crippen LogP contribution is -1.93. The van der Waals surface area contributed by atoms with Gasteiger partial charge < -0.3 is 0 Å². The van der Waals surface area contributed by atoms with Crippen molar-refractivity contribution in [2.45, 2.75) is 0 Å². The second-order valence-corrected chi connectivity index (χ2v) is 4.34. The summed E-state index contributed by atoms with van der Waals surface area (Å²) in [5.41, 5.74) is 2.72. The third-order valence-electron chi connectivity index (χ3n) is 3.12. The molecule has 2 aromatic carbocycles. The summed E-state index contributed by atoms with van der Waals surface area (Å²) < 4.78 is 15.0. The fourth-order valence-corrected chi connectivity index (χ4v) is 2.31. The zero-order valence-corrected chi connectivity index (χ0v) is 10.3. The van der Waals surface area contributed by atoms with Gasteiger partial charge in [0.1, 0.15) is 11.5 Å². The van der Waals surface area contributed by atoms with Crippen LogP contribution in [0.15, 0.2) is 42.5 Å². The smallest absolute Gasteiger partial charge is 0.152 e. The number of fused-ring (bicyclic) bond motifs is 1. The number of aryl methyl sites for hydroxylation is 1. The standard InChI is InChI=1S/C15H11FN2O/c1-18-15-11(9-19)5-3-7-13(15)14(17-18)10-4-2-6-12(16)8-10/h2-9H,1H3. The molecule has 1 heterocycles. The fraction of sp³-hybridized carbons (Fsp3) is 0.0667. The maximum Gasteiger partial charge on any atom is 0.152 e. The minimum Gasteiger partial charge on any atom is -0.298 e. The molecular weight excluding hydrogens is 243 g/mol. The van der Waals surface area contributed by atoms with Crippen LogP contribution in [0.4, 0.5) is 4.39 Å². The van der Waals surface area contributed by atoms with Gasteiger partial charge in [0.2, 0.25) is 0 Å². The van der Waals surface area contributed by atoms with Crippen molar-refractivity contribution < 1.29 is 9.18 Å². The van der Waals surface area contributed by atoms with E-state index >= 15 is 0 Å². The van der Waals surface area contributed by atoms with Crippen molar-refractivity contribution in [3.05, 3.63) is 53.8 Å². The maximum absolute atomic E-state index is 13.3. The normalized spacial score (nSPS) is 10.8. The summed E-state index contributed by atoms with van der Waals surface area (Å²) in [7, 11) is 1.78. The molecule has 94 valence electrons. The molecule has 19 heavy (non-hydrogen) atoms. The van der Waals surface area contributed by atoms with Gasteiger partial charge in [-0.1, -0.05) is 24.3 Å². The van der Waals surface area contributed by atoms with Crippen LogP contribution in [0.25, 0.3) is 22.2 Å². The molecule has 3 nitrogen and oxygen atoms in total. The zero-order valence-electron chi connectivity index (χ0n) is 10.3. The minimum absolute atomic E-state index is 0.303. The van der Waals surface area contributed by atoms with Crippen LogP contribution in [0.1, 0.15) is 10.4 Å². The summed E-state index contributed by atoms with van der Waals surface area (Å²) in [6.07, 6.45) is 0.805. The molecule has 0 spiro atoms. The van der Waals surface area contributed by atoms with Gasteiger partial charge in [-0.15, -0.1) is 0 Å². The highest BCUT2D eigenvalue weighted by molar-refractivity contribution is 6.02. The molecule has 1 aromatic heterocycles. The summed E-state index contributed by atoms with van der Waals surface area (Å²) >= 11 is 0. The summed E-state index contributed by atoms with van der Waals surface area (Å²) in [6.45, 7) is 0. The van der Waals surface area contributed by atoms with E-state index < -0.39 is 0 Å². The summed E-state index contributed by atoms with van der Waals surface area (Å²) in [5.74, 6) is -0.303. The fourth-order valence-electron chi connectivity index (χ4n) is 2.31. The molecule has 0 aliphatic heterocycles. The third-order valence-corrected chi connectivity index (χ3v) is 3.12. The Morgan fingerprint density at radius 1 is 1.21 bits per heavy atom. The first-order valence-corrected chi connectivity index (χ1v) is 5.87. The lowest BCUT2D eigenvalue weighted by atomic mass is 10.1. The van der Waals surface area contributed by atoms with Gasteiger partial charge in [-0.2, -0.15) is 5.10 Å². The van der Waals surface area contributed by atoms with Gasteiger partial charge in [0.05, 0.1) is 5.52 Å². The van der Waals surface area contributed by atoms with Crippen molar-refractivity contribution in [1.29, 1.82) is 0 Å². The van der Waals surface area contributed by atoms with E-state index in [2.05, 4.69) is 5.10 Å². The van der Waals surface area contributed by atoms with Gasteiger partial charge in [-0.25, -0.2) is 4.39 Å². The number of para-hydroxylation sites is 1. The molecule has 4 heteroatoms. The Labute approximate surface area is 109 Å². The molecule has 3 rings (SSSR count). The number of benzene rings is 2. The molecule has 0 fully saturated rings. The average molecular weight is 254 g/mol. The van der Waals surface area contributed by atoms with Crippen LogP contribution in [-0.4, -0.2) is 16.1 Å². The highest BCUT2D eigenvalue weighted by Gasteiger charge is 2.13. The van der Waals surface area contributed by atoms with Crippen molar-refractivity contribution >= 4 is 17.2 Å². The van der Waals surface area contributed by atoms with Gasteiger partial charge >= 0.3 is 0 Å². The van der Waals surface area contributed by atoms with Crippen LogP contribution >= 0.6 is 0 Å². The molecule has 0 saturated heterocycles. The lowest BCUT2D eigenvalue weighted by Gasteiger charge is -1.98. The van der Waals surface area contributed by atoms with Crippen LogP contribution < -0.4 is 0 Å². The van der Waals surface area contributed by atoms with E-state index in [0.717, 1.165) is 17.2 Å². The molecule has 3 aromatic rings. The molecule has 0 saturated carbocycles. The van der Waals surface area contributed by atoms with Gasteiger partial charge in [0, 0.05) is 23.6 Å². The molecule has 0 aliphatic carbocycles. The molecule has 0 unspecified atom stereocenters. The van der Waals surface area contributed by atoms with Gasteiger partial charge in [0.25, 0.3) is 0 Å². The number of nitrogens with zero attached hydrogens (tertiary/aromatic N) is 2. The topological polar surface area (TPSA) is 34.9 Å². The number of aldehydes is 1. The molecular formula is C15H11FN2O. The van der Waals surface area contributed by atoms with E-state index in [1.165, 1.54) is 12.1 Å². The number of carbonyl (C=O) groups is 1. The number of aromatic nitrogens is 2. The summed E-state index contributed by atoms with van der Waals surface area (Å²) in [5, 5.41) is 5.25. The highest BCUT2D eigenvalue weighted by Crippen LogP contribution is 2.29. The zero-order chi connectivity index (χ0) is 13.4. The quantitative estimate of drug-likeness (QED) is 0.658. The molecule has 0 bridgehead atoms. The van der Waals surface area contributed by atoms with Crippen molar-refractivity contribution in [2.24, 2.45) is 7.05 Å². The van der Waals surface area contributed by atoms with E-state index in [0.29, 0.717) is 16.8 Å². The Balaban J connectivity index is 2.34. The summed E-state index contributed by atoms with van der Waals surface area (Å²) in [6, 6.07) is 11.7. The number of hydrogen-bond acceptors (Lipinski definition) is 2. The number of carbonyl (C=O) groups excluding carboxylic acids is 1. The largest absolute Gasteiger partial charge is 0.298 e. The molecule has 0 atom stereocenters. The van der Waals surface area contributed by atoms with Gasteiger partial charge in [-0.3, -0.25) is 9.48 Å². The van der Waals surface area contributed by atoms with E-state index in [1.807, 2.05) is 6.07 Å². The van der Waals surface area contributed by atoms with Gasteiger partial charge in [0.15, 0.2) is 6.29 Å². The Kier molecular flexibility index (Phi) is 2.63. The number of halogens is 1. The molecule has 0 amide bonds. The number of rotatable bonds is 2. The minimum atomic E-state index is -0.303. The van der Waals surface area contributed by atoms with Crippen LogP contribution in [0.5, 0.6) is 0 Å². The summed E-state index contributed by atoms with van der Waals surface area (Å²) in [4.78, 5) is 11.1. The molecule has 0 N–H and O–H groups in total. The second kappa shape index (κ2) is 4.31. The Morgan fingerprint density at radius 2 is 2.00 bits per heavy atom. The van der Waals surface area contributed by atoms with Gasteiger partial charge in [-0.05, 0) is 18.2 Å². The molecule has 0 radical (unpaired) electrons. The predicted octanol–water partition coefficient (Wildman–Crippen LogP) is 3.19. The van der Waals surface area contributed by atoms with E-state index in [4.69, 9.17) is 0 Å². The Hall–Kier alpha value is -2.49. The van der Waals surface area contributed by atoms with Crippen LogP contribution in [0.3, 0.4) is 0 Å². The van der Waals surface area contributed by atoms with Crippen LogP contribution in [0.2, 0.25) is 0 Å². The van der Waals surface area contributed by atoms with E-state index in [1.54, 1.807) is 36.0 Å². The Bertz CT molecular complexity index is 777. The predicted molar refractivity (Wildman–Crippen MR) is 71.5 cm³/mol. The highest BCUT2D eigenvalue weighted by atomic mass is 19.1. The van der Waals surface area contributed by atoms with Crippen molar-refractivity contribution in [2.75, 3.05) is 0 Å². The van der Waals surface area contributed by atoms with Crippen LogP contribution in [0, 0.1) is 5.82 Å². The first kappa shape index (κ1) is 11.6. The maximum atomic E-state index is 13.3. The third kappa shape index (κ3) is 1.81. The van der Waals surface area contributed by atoms with Crippen molar-refractivity contribution in [3.63, 3.8) is 0 Å². The van der Waals surface area contributed by atoms with Crippen molar-refractivity contribution in [1.82, 2.24) is 9.78 Å². The van der Waals surface area contributed by atoms with E-state index in [9.17, 15) is 9.18 Å².